The minimum absolute atomic E-state index is 0.134. The third-order valence-corrected chi connectivity index (χ3v) is 6.35. The van der Waals surface area contributed by atoms with Gasteiger partial charge in [-0.3, -0.25) is 19.8 Å². The monoisotopic (exact) mass is 508 g/mol. The molecule has 4 rings (SSSR count). The standard InChI is InChI=1S/C24H20N4O5S2/c1-26(2)16-5-7-17(8-6-16)27-23(29)21(35-24(27)34)13-15-4-10-19(20(12-15)32-3)33-22-11-9-18(14-25-22)28(30)31/h4-14H,1-3H3/b21-13+. The third-order valence-electron chi connectivity index (χ3n) is 5.05. The number of hydrogen-bond acceptors (Lipinski definition) is 9. The zero-order valence-corrected chi connectivity index (χ0v) is 20.6. The molecule has 1 saturated heterocycles. The van der Waals surface area contributed by atoms with Gasteiger partial charge in [-0.05, 0) is 48.0 Å². The van der Waals surface area contributed by atoms with Crippen LogP contribution in [0.15, 0.2) is 65.7 Å². The molecule has 2 heterocycles. The summed E-state index contributed by atoms with van der Waals surface area (Å²) in [5.41, 5.74) is 2.31. The Balaban J connectivity index is 1.54. The highest BCUT2D eigenvalue weighted by atomic mass is 32.2. The van der Waals surface area contributed by atoms with Crippen LogP contribution in [0.1, 0.15) is 5.56 Å². The molecule has 0 radical (unpaired) electrons. The van der Waals surface area contributed by atoms with E-state index < -0.39 is 4.92 Å². The van der Waals surface area contributed by atoms with Crippen LogP contribution in [0.3, 0.4) is 0 Å². The average Bonchev–Trinajstić information content (AvgIpc) is 3.12. The van der Waals surface area contributed by atoms with Crippen molar-refractivity contribution in [2.45, 2.75) is 0 Å². The number of anilines is 2. The highest BCUT2D eigenvalue weighted by Gasteiger charge is 2.33. The molecule has 1 fully saturated rings. The maximum atomic E-state index is 13.1. The van der Waals surface area contributed by atoms with Gasteiger partial charge in [0.2, 0.25) is 5.88 Å². The number of benzene rings is 2. The van der Waals surface area contributed by atoms with E-state index in [4.69, 9.17) is 21.7 Å². The number of thiocarbonyl (C=S) groups is 1. The quantitative estimate of drug-likeness (QED) is 0.183. The van der Waals surface area contributed by atoms with Crippen molar-refractivity contribution < 1.29 is 19.2 Å². The third kappa shape index (κ3) is 5.26. The van der Waals surface area contributed by atoms with Crippen molar-refractivity contribution in [1.82, 2.24) is 4.98 Å². The van der Waals surface area contributed by atoms with Crippen LogP contribution in [-0.4, -0.2) is 41.3 Å². The Hall–Kier alpha value is -3.96. The lowest BCUT2D eigenvalue weighted by Gasteiger charge is -2.17. The molecule has 3 aromatic rings. The Labute approximate surface area is 211 Å². The van der Waals surface area contributed by atoms with Crippen molar-refractivity contribution in [1.29, 1.82) is 0 Å². The summed E-state index contributed by atoms with van der Waals surface area (Å²) in [4.78, 5) is 31.3. The normalized spacial score (nSPS) is 14.4. The van der Waals surface area contributed by atoms with E-state index >= 15 is 0 Å². The van der Waals surface area contributed by atoms with Gasteiger partial charge in [0, 0.05) is 31.9 Å². The Bertz CT molecular complexity index is 1320. The minimum atomic E-state index is -0.534. The van der Waals surface area contributed by atoms with Gasteiger partial charge < -0.3 is 14.4 Å². The molecule has 2 aromatic carbocycles. The molecule has 0 unspecified atom stereocenters. The van der Waals surface area contributed by atoms with Gasteiger partial charge in [-0.2, -0.15) is 0 Å². The lowest BCUT2D eigenvalue weighted by molar-refractivity contribution is -0.385. The first-order chi connectivity index (χ1) is 16.8. The molecule has 1 aliphatic heterocycles. The van der Waals surface area contributed by atoms with Crippen LogP contribution in [0.4, 0.5) is 17.1 Å². The van der Waals surface area contributed by atoms with E-state index in [1.807, 2.05) is 43.3 Å². The van der Waals surface area contributed by atoms with Gasteiger partial charge in [-0.15, -0.1) is 0 Å². The number of thioether (sulfide) groups is 1. The fraction of sp³-hybridized carbons (Fsp3) is 0.125. The number of carbonyl (C=O) groups excluding carboxylic acids is 1. The summed E-state index contributed by atoms with van der Waals surface area (Å²) < 4.78 is 11.6. The van der Waals surface area contributed by atoms with E-state index in [2.05, 4.69) is 4.98 Å². The van der Waals surface area contributed by atoms with Gasteiger partial charge in [0.05, 0.1) is 22.6 Å². The van der Waals surface area contributed by atoms with E-state index in [9.17, 15) is 14.9 Å². The number of nitro groups is 1. The number of nitrogens with zero attached hydrogens (tertiary/aromatic N) is 4. The van der Waals surface area contributed by atoms with Crippen molar-refractivity contribution in [2.24, 2.45) is 0 Å². The van der Waals surface area contributed by atoms with Crippen LogP contribution in [0.25, 0.3) is 6.08 Å². The maximum absolute atomic E-state index is 13.1. The summed E-state index contributed by atoms with van der Waals surface area (Å²) in [6.07, 6.45) is 2.86. The van der Waals surface area contributed by atoms with Crippen molar-refractivity contribution in [3.63, 3.8) is 0 Å². The Kier molecular flexibility index (Phi) is 6.99. The molecule has 9 nitrogen and oxygen atoms in total. The number of aromatic nitrogens is 1. The number of hydrogen-bond donors (Lipinski definition) is 0. The Morgan fingerprint density at radius 1 is 1.11 bits per heavy atom. The number of pyridine rings is 1. The summed E-state index contributed by atoms with van der Waals surface area (Å²) in [5, 5.41) is 10.8. The van der Waals surface area contributed by atoms with Crippen LogP contribution in [-0.2, 0) is 4.79 Å². The molecule has 1 aliphatic rings. The second-order valence-electron chi connectivity index (χ2n) is 7.55. The van der Waals surface area contributed by atoms with Crippen molar-refractivity contribution in [2.75, 3.05) is 31.0 Å². The first-order valence-corrected chi connectivity index (χ1v) is 11.5. The minimum Gasteiger partial charge on any atom is -0.493 e. The van der Waals surface area contributed by atoms with Gasteiger partial charge >= 0.3 is 0 Å². The number of rotatable bonds is 7. The van der Waals surface area contributed by atoms with Crippen LogP contribution in [0, 0.1) is 10.1 Å². The summed E-state index contributed by atoms with van der Waals surface area (Å²) in [5.74, 6) is 0.767. The fourth-order valence-electron chi connectivity index (χ4n) is 3.25. The summed E-state index contributed by atoms with van der Waals surface area (Å²) in [7, 11) is 5.39. The van der Waals surface area contributed by atoms with E-state index in [1.54, 1.807) is 24.3 Å². The highest BCUT2D eigenvalue weighted by Crippen LogP contribution is 2.38. The zero-order valence-electron chi connectivity index (χ0n) is 19.0. The topological polar surface area (TPSA) is 98.0 Å². The molecule has 0 bridgehead atoms. The van der Waals surface area contributed by atoms with Crippen molar-refractivity contribution in [3.8, 4) is 17.4 Å². The molecule has 0 spiro atoms. The molecule has 0 saturated carbocycles. The number of methoxy groups -OCH3 is 1. The van der Waals surface area contributed by atoms with Gasteiger partial charge in [-0.1, -0.05) is 30.0 Å². The Morgan fingerprint density at radius 3 is 2.46 bits per heavy atom. The predicted octanol–water partition coefficient (Wildman–Crippen LogP) is 5.26. The van der Waals surface area contributed by atoms with Crippen molar-refractivity contribution in [3.05, 3.63) is 81.4 Å². The van der Waals surface area contributed by atoms with Crippen LogP contribution < -0.4 is 19.3 Å². The summed E-state index contributed by atoms with van der Waals surface area (Å²) >= 11 is 6.70. The fourth-order valence-corrected chi connectivity index (χ4v) is 4.55. The van der Waals surface area contributed by atoms with Gasteiger partial charge in [-0.25, -0.2) is 4.98 Å². The summed E-state index contributed by atoms with van der Waals surface area (Å²) in [6.45, 7) is 0. The van der Waals surface area contributed by atoms with Gasteiger partial charge in [0.25, 0.3) is 11.6 Å². The molecular weight excluding hydrogens is 488 g/mol. The molecule has 1 aromatic heterocycles. The first kappa shape index (κ1) is 24.2. The van der Waals surface area contributed by atoms with Crippen molar-refractivity contribution >= 4 is 57.3 Å². The first-order valence-electron chi connectivity index (χ1n) is 10.3. The smallest absolute Gasteiger partial charge is 0.287 e. The zero-order chi connectivity index (χ0) is 25.1. The number of carbonyl (C=O) groups is 1. The average molecular weight is 509 g/mol. The number of amides is 1. The van der Waals surface area contributed by atoms with Gasteiger partial charge in [0.1, 0.15) is 6.20 Å². The maximum Gasteiger partial charge on any atom is 0.287 e. The van der Waals surface area contributed by atoms with E-state index in [-0.39, 0.29) is 17.5 Å². The number of ether oxygens (including phenoxy) is 2. The molecule has 35 heavy (non-hydrogen) atoms. The Morgan fingerprint density at radius 2 is 1.86 bits per heavy atom. The highest BCUT2D eigenvalue weighted by molar-refractivity contribution is 8.27. The van der Waals surface area contributed by atoms with E-state index in [0.29, 0.717) is 32.0 Å². The molecule has 1 amide bonds. The van der Waals surface area contributed by atoms with E-state index in [1.165, 1.54) is 35.9 Å². The van der Waals surface area contributed by atoms with Crippen LogP contribution in [0.5, 0.6) is 17.4 Å². The molecule has 0 N–H and O–H groups in total. The second-order valence-corrected chi connectivity index (χ2v) is 9.23. The summed E-state index contributed by atoms with van der Waals surface area (Å²) in [6, 6.07) is 15.5. The van der Waals surface area contributed by atoms with Gasteiger partial charge in [0.15, 0.2) is 15.8 Å². The molecule has 11 heteroatoms. The molecule has 178 valence electrons. The van der Waals surface area contributed by atoms with Crippen LogP contribution >= 0.6 is 24.0 Å². The SMILES string of the molecule is COc1cc(/C=C2/SC(=S)N(c3ccc(N(C)C)cc3)C2=O)ccc1Oc1ccc([N+](=O)[O-])cn1. The lowest BCUT2D eigenvalue weighted by atomic mass is 10.1. The predicted molar refractivity (Wildman–Crippen MR) is 140 cm³/mol. The lowest BCUT2D eigenvalue weighted by Crippen LogP contribution is -2.27. The van der Waals surface area contributed by atoms with E-state index in [0.717, 1.165) is 11.9 Å². The largest absolute Gasteiger partial charge is 0.493 e. The second kappa shape index (κ2) is 10.1. The molecule has 0 aliphatic carbocycles. The molecular formula is C24H20N4O5S2. The van der Waals surface area contributed by atoms with Crippen LogP contribution in [0.2, 0.25) is 0 Å². The molecule has 0 atom stereocenters.